The fourth-order valence-electron chi connectivity index (χ4n) is 4.41. The standard InChI is InChI=1S/C34H45ClFN5O6/c1-41(2)15-10-11-32(42)40-30-22-26-29(37-24-38-34(26)39-25-13-14-28(36)27(35)21-25)23-31(30)47-20-9-8-19-46-18-7-6-17-45-16-5-3-4-12-33(43)44/h10-11,13-14,21-24H,3-9,12,15-20H2,1-2H3,(H,40,42)(H,43,44)(H,37,38,39)/b11-10+. The molecule has 0 aliphatic carbocycles. The molecule has 0 spiro atoms. The summed E-state index contributed by atoms with van der Waals surface area (Å²) in [6.45, 7) is 3.64. The molecular weight excluding hydrogens is 629 g/mol. The van der Waals surface area contributed by atoms with Gasteiger partial charge in [-0.25, -0.2) is 14.4 Å². The Morgan fingerprint density at radius 2 is 1.62 bits per heavy atom. The molecule has 3 rings (SSSR count). The van der Waals surface area contributed by atoms with Crippen LogP contribution in [0, 0.1) is 5.82 Å². The molecule has 3 aromatic rings. The summed E-state index contributed by atoms with van der Waals surface area (Å²) in [7, 11) is 3.83. The van der Waals surface area contributed by atoms with Crippen molar-refractivity contribution in [2.75, 3.05) is 64.3 Å². The maximum atomic E-state index is 13.7. The number of likely N-dealkylation sites (N-methyl/N-ethyl adjacent to an activating group) is 1. The maximum absolute atomic E-state index is 13.7. The van der Waals surface area contributed by atoms with E-state index in [1.165, 1.54) is 24.5 Å². The summed E-state index contributed by atoms with van der Waals surface area (Å²) >= 11 is 5.96. The number of rotatable bonds is 23. The number of amides is 1. The van der Waals surface area contributed by atoms with Crippen molar-refractivity contribution in [1.29, 1.82) is 0 Å². The Morgan fingerprint density at radius 1 is 0.936 bits per heavy atom. The van der Waals surface area contributed by atoms with E-state index >= 15 is 0 Å². The van der Waals surface area contributed by atoms with Crippen LogP contribution in [0.1, 0.15) is 51.4 Å². The molecule has 0 fully saturated rings. The van der Waals surface area contributed by atoms with Gasteiger partial charge in [-0.3, -0.25) is 9.59 Å². The molecule has 13 heteroatoms. The van der Waals surface area contributed by atoms with Crippen LogP contribution in [0.4, 0.5) is 21.6 Å². The van der Waals surface area contributed by atoms with Gasteiger partial charge >= 0.3 is 5.97 Å². The van der Waals surface area contributed by atoms with E-state index < -0.39 is 11.8 Å². The molecule has 0 aliphatic heterocycles. The highest BCUT2D eigenvalue weighted by atomic mass is 35.5. The molecule has 0 aliphatic rings. The molecule has 0 bridgehead atoms. The highest BCUT2D eigenvalue weighted by Crippen LogP contribution is 2.34. The van der Waals surface area contributed by atoms with Crippen LogP contribution in [0.15, 0.2) is 48.8 Å². The van der Waals surface area contributed by atoms with E-state index in [4.69, 9.17) is 30.9 Å². The Labute approximate surface area is 280 Å². The Morgan fingerprint density at radius 3 is 2.28 bits per heavy atom. The maximum Gasteiger partial charge on any atom is 0.303 e. The third-order valence-corrected chi connectivity index (χ3v) is 7.15. The van der Waals surface area contributed by atoms with Gasteiger partial charge in [0.15, 0.2) is 0 Å². The van der Waals surface area contributed by atoms with Crippen LogP contribution in [-0.4, -0.2) is 85.5 Å². The zero-order chi connectivity index (χ0) is 33.9. The van der Waals surface area contributed by atoms with Crippen LogP contribution < -0.4 is 15.4 Å². The topological polar surface area (TPSA) is 135 Å². The lowest BCUT2D eigenvalue weighted by Gasteiger charge is -2.15. The predicted octanol–water partition coefficient (Wildman–Crippen LogP) is 6.84. The van der Waals surface area contributed by atoms with E-state index in [2.05, 4.69) is 20.6 Å². The van der Waals surface area contributed by atoms with Crippen molar-refractivity contribution in [3.63, 3.8) is 0 Å². The normalized spacial score (nSPS) is 11.4. The second-order valence-corrected chi connectivity index (χ2v) is 11.6. The van der Waals surface area contributed by atoms with Crippen molar-refractivity contribution in [2.24, 2.45) is 0 Å². The van der Waals surface area contributed by atoms with Crippen molar-refractivity contribution in [2.45, 2.75) is 51.4 Å². The lowest BCUT2D eigenvalue weighted by molar-refractivity contribution is -0.137. The number of unbranched alkanes of at least 4 members (excludes halogenated alkanes) is 4. The molecule has 11 nitrogen and oxygen atoms in total. The van der Waals surface area contributed by atoms with Crippen LogP contribution in [0.3, 0.4) is 0 Å². The third-order valence-electron chi connectivity index (χ3n) is 6.86. The molecule has 1 heterocycles. The largest absolute Gasteiger partial charge is 0.491 e. The second-order valence-electron chi connectivity index (χ2n) is 11.2. The molecule has 0 atom stereocenters. The van der Waals surface area contributed by atoms with E-state index in [0.29, 0.717) is 79.8 Å². The van der Waals surface area contributed by atoms with E-state index in [-0.39, 0.29) is 17.4 Å². The van der Waals surface area contributed by atoms with Gasteiger partial charge in [0.2, 0.25) is 5.91 Å². The molecule has 47 heavy (non-hydrogen) atoms. The number of hydrogen-bond acceptors (Lipinski definition) is 9. The van der Waals surface area contributed by atoms with Crippen molar-refractivity contribution in [3.05, 3.63) is 59.7 Å². The quantitative estimate of drug-likeness (QED) is 0.0725. The first-order valence-corrected chi connectivity index (χ1v) is 16.2. The van der Waals surface area contributed by atoms with Gasteiger partial charge < -0.3 is 34.9 Å². The summed E-state index contributed by atoms with van der Waals surface area (Å²) in [4.78, 5) is 33.9. The van der Waals surface area contributed by atoms with Gasteiger partial charge in [-0.15, -0.1) is 0 Å². The molecule has 0 saturated heterocycles. The number of carbonyl (C=O) groups excluding carboxylic acids is 1. The Hall–Kier alpha value is -3.84. The number of aliphatic carboxylic acids is 1. The van der Waals surface area contributed by atoms with Crippen LogP contribution in [0.5, 0.6) is 5.75 Å². The smallest absolute Gasteiger partial charge is 0.303 e. The van der Waals surface area contributed by atoms with Crippen LogP contribution in [0.2, 0.25) is 5.02 Å². The molecule has 2 aromatic carbocycles. The van der Waals surface area contributed by atoms with E-state index in [1.807, 2.05) is 19.0 Å². The lowest BCUT2D eigenvalue weighted by Crippen LogP contribution is -2.13. The number of halogens is 2. The number of nitrogens with zero attached hydrogens (tertiary/aromatic N) is 3. The SMILES string of the molecule is CN(C)C/C=C/C(=O)Nc1cc2c(Nc3ccc(F)c(Cl)c3)ncnc2cc1OCCCCOCCCCOCCCCCC(=O)O. The average Bonchev–Trinajstić information content (AvgIpc) is 3.02. The zero-order valence-corrected chi connectivity index (χ0v) is 27.9. The van der Waals surface area contributed by atoms with E-state index in [0.717, 1.165) is 38.5 Å². The summed E-state index contributed by atoms with van der Waals surface area (Å²) in [6.07, 6.45) is 10.7. The van der Waals surface area contributed by atoms with E-state index in [1.54, 1.807) is 24.3 Å². The number of carboxylic acid groups (broad SMARTS) is 1. The van der Waals surface area contributed by atoms with Gasteiger partial charge in [-0.05, 0) is 76.9 Å². The summed E-state index contributed by atoms with van der Waals surface area (Å²) in [6, 6.07) is 7.80. The summed E-state index contributed by atoms with van der Waals surface area (Å²) in [5.41, 5.74) is 1.61. The number of nitrogens with one attached hydrogen (secondary N) is 2. The monoisotopic (exact) mass is 673 g/mol. The molecule has 0 saturated carbocycles. The van der Waals surface area contributed by atoms with Crippen molar-refractivity contribution < 1.29 is 33.3 Å². The molecule has 256 valence electrons. The number of hydrogen-bond donors (Lipinski definition) is 3. The van der Waals surface area contributed by atoms with Crippen molar-refractivity contribution in [1.82, 2.24) is 14.9 Å². The Balaban J connectivity index is 1.49. The van der Waals surface area contributed by atoms with Crippen LogP contribution >= 0.6 is 11.6 Å². The molecule has 0 radical (unpaired) electrons. The molecular formula is C34H45ClFN5O6. The minimum Gasteiger partial charge on any atom is -0.491 e. The highest BCUT2D eigenvalue weighted by Gasteiger charge is 2.14. The van der Waals surface area contributed by atoms with E-state index in [9.17, 15) is 14.0 Å². The number of carbonyl (C=O) groups is 2. The molecule has 3 N–H and O–H groups in total. The number of fused-ring (bicyclic) bond motifs is 1. The minimum absolute atomic E-state index is 0.0174. The summed E-state index contributed by atoms with van der Waals surface area (Å²) in [5, 5.41) is 15.3. The van der Waals surface area contributed by atoms with Crippen molar-refractivity contribution in [3.8, 4) is 5.75 Å². The zero-order valence-electron chi connectivity index (χ0n) is 27.1. The first-order valence-electron chi connectivity index (χ1n) is 15.9. The number of benzene rings is 2. The summed E-state index contributed by atoms with van der Waals surface area (Å²) < 4.78 is 31.1. The van der Waals surface area contributed by atoms with Gasteiger partial charge in [-0.2, -0.15) is 0 Å². The number of ether oxygens (including phenoxy) is 3. The molecule has 1 aromatic heterocycles. The van der Waals surface area contributed by atoms with Gasteiger partial charge in [-0.1, -0.05) is 24.1 Å². The Kier molecular flexibility index (Phi) is 16.9. The van der Waals surface area contributed by atoms with Gasteiger partial charge in [0.05, 0.1) is 22.8 Å². The minimum atomic E-state index is -0.752. The number of anilines is 3. The average molecular weight is 674 g/mol. The molecule has 1 amide bonds. The number of aromatic nitrogens is 2. The summed E-state index contributed by atoms with van der Waals surface area (Å²) in [5.74, 6) is -0.643. The third kappa shape index (κ3) is 14.6. The highest BCUT2D eigenvalue weighted by molar-refractivity contribution is 6.31. The van der Waals surface area contributed by atoms with Gasteiger partial charge in [0.25, 0.3) is 0 Å². The predicted molar refractivity (Wildman–Crippen MR) is 182 cm³/mol. The first kappa shape index (κ1) is 37.6. The first-order chi connectivity index (χ1) is 22.7. The fraction of sp³-hybridized carbons (Fsp3) is 0.471. The van der Waals surface area contributed by atoms with Crippen molar-refractivity contribution >= 4 is 51.6 Å². The van der Waals surface area contributed by atoms with Crippen LogP contribution in [0.25, 0.3) is 10.9 Å². The Bertz CT molecular complexity index is 1460. The molecule has 0 unspecified atom stereocenters. The lowest BCUT2D eigenvalue weighted by atomic mass is 10.1. The van der Waals surface area contributed by atoms with Gasteiger partial charge in [0.1, 0.15) is 23.7 Å². The fourth-order valence-corrected chi connectivity index (χ4v) is 4.59. The number of carboxylic acids is 1. The van der Waals surface area contributed by atoms with Gasteiger partial charge in [0, 0.05) is 62.6 Å². The van der Waals surface area contributed by atoms with Crippen LogP contribution in [-0.2, 0) is 19.1 Å². The second kappa shape index (κ2) is 21.1.